The van der Waals surface area contributed by atoms with Crippen LogP contribution in [0.25, 0.3) is 0 Å². The topological polar surface area (TPSA) is 155 Å². The van der Waals surface area contributed by atoms with Gasteiger partial charge in [0.05, 0.1) is 19.8 Å². The Balaban J connectivity index is 4.66. The van der Waals surface area contributed by atoms with E-state index in [9.17, 15) is 28.9 Å². The molecule has 0 fully saturated rings. The fraction of sp³-hybridized carbons (Fsp3) is 0.891. The highest BCUT2D eigenvalue weighted by Crippen LogP contribution is 2.43. The molecule has 0 saturated heterocycles. The molecule has 12 heteroatoms. The number of esters is 3. The largest absolute Gasteiger partial charge is 0.472 e. The predicted octanol–water partition coefficient (Wildman–Crippen LogP) is 19.4. The number of unbranched alkanes of at least 4 members (excludes halogenated alkanes) is 40. The van der Waals surface area contributed by atoms with Crippen molar-refractivity contribution in [2.75, 3.05) is 26.4 Å². The van der Waals surface area contributed by atoms with Crippen molar-refractivity contribution in [3.8, 4) is 0 Å². The minimum atomic E-state index is -4.74. The van der Waals surface area contributed by atoms with Crippen LogP contribution in [0.15, 0.2) is 24.3 Å². The van der Waals surface area contributed by atoms with Crippen molar-refractivity contribution in [1.29, 1.82) is 0 Å². The molecule has 0 bridgehead atoms. The van der Waals surface area contributed by atoms with Crippen LogP contribution in [0.1, 0.15) is 329 Å². The molecule has 0 aromatic rings. The first kappa shape index (κ1) is 74.0. The number of hydrogen-bond acceptors (Lipinski definition) is 10. The molecule has 0 radical (unpaired) electrons. The van der Waals surface area contributed by atoms with Gasteiger partial charge in [-0.25, -0.2) is 4.57 Å². The minimum absolute atomic E-state index is 0.169. The van der Waals surface area contributed by atoms with Crippen molar-refractivity contribution in [3.05, 3.63) is 24.3 Å². The molecular weight excluding hydrogens is 976 g/mol. The second-order valence-corrected chi connectivity index (χ2v) is 23.4. The van der Waals surface area contributed by atoms with Crippen molar-refractivity contribution in [1.82, 2.24) is 0 Å². The Hall–Kier alpha value is -2.04. The SMILES string of the molecule is CCCCC/C=C\C/C=C\CCCCCCCCCCCC(=O)OC(COC(=O)CCCCCCCCCCCCCCCCCCC)COP(=O)(O)OCC(CO)OC(=O)CCCCCCCCCCCCCCC. The number of ether oxygens (including phenoxy) is 3. The van der Waals surface area contributed by atoms with Crippen LogP contribution in [0.4, 0.5) is 0 Å². The van der Waals surface area contributed by atoms with Crippen LogP contribution >= 0.6 is 7.82 Å². The van der Waals surface area contributed by atoms with Crippen molar-refractivity contribution >= 4 is 25.7 Å². The third kappa shape index (κ3) is 56.7. The van der Waals surface area contributed by atoms with Crippen molar-refractivity contribution in [2.24, 2.45) is 0 Å². The summed E-state index contributed by atoms with van der Waals surface area (Å²) < 4.78 is 39.7. The molecule has 76 heavy (non-hydrogen) atoms. The van der Waals surface area contributed by atoms with E-state index < -0.39 is 57.8 Å². The number of phosphoric ester groups is 1. The first-order valence-corrected chi connectivity index (χ1v) is 33.7. The van der Waals surface area contributed by atoms with Gasteiger partial charge < -0.3 is 24.2 Å². The molecular formula is C64H121O11P. The highest BCUT2D eigenvalue weighted by Gasteiger charge is 2.28. The van der Waals surface area contributed by atoms with E-state index in [1.807, 2.05) is 0 Å². The number of aliphatic hydroxyl groups excluding tert-OH is 1. The maximum atomic E-state index is 13.0. The summed E-state index contributed by atoms with van der Waals surface area (Å²) in [5, 5.41) is 9.83. The van der Waals surface area contributed by atoms with E-state index in [0.717, 1.165) is 70.6 Å². The average Bonchev–Trinajstić information content (AvgIpc) is 3.41. The van der Waals surface area contributed by atoms with Gasteiger partial charge in [0, 0.05) is 19.3 Å². The van der Waals surface area contributed by atoms with E-state index in [4.69, 9.17) is 23.3 Å². The number of rotatable bonds is 61. The lowest BCUT2D eigenvalue weighted by Crippen LogP contribution is -2.30. The summed E-state index contributed by atoms with van der Waals surface area (Å²) in [6, 6.07) is 0. The van der Waals surface area contributed by atoms with E-state index in [1.54, 1.807) is 0 Å². The molecule has 0 rings (SSSR count). The Labute approximate surface area is 468 Å². The lowest BCUT2D eigenvalue weighted by atomic mass is 10.0. The fourth-order valence-electron chi connectivity index (χ4n) is 9.45. The number of carbonyl (C=O) groups is 3. The summed E-state index contributed by atoms with van der Waals surface area (Å²) in [5.74, 6) is -1.44. The normalized spacial score (nSPS) is 13.4. The second-order valence-electron chi connectivity index (χ2n) is 21.9. The van der Waals surface area contributed by atoms with Gasteiger partial charge in [-0.2, -0.15) is 0 Å². The summed E-state index contributed by atoms with van der Waals surface area (Å²) in [4.78, 5) is 48.7. The van der Waals surface area contributed by atoms with E-state index in [1.165, 1.54) is 199 Å². The molecule has 0 spiro atoms. The smallest absolute Gasteiger partial charge is 0.462 e. The van der Waals surface area contributed by atoms with E-state index >= 15 is 0 Å². The first-order chi connectivity index (χ1) is 37.2. The quantitative estimate of drug-likeness (QED) is 0.0197. The Morgan fingerprint density at radius 3 is 1.00 bits per heavy atom. The first-order valence-electron chi connectivity index (χ1n) is 32.2. The molecule has 0 aliphatic rings. The predicted molar refractivity (Wildman–Crippen MR) is 316 cm³/mol. The summed E-state index contributed by atoms with van der Waals surface area (Å²) in [5.41, 5.74) is 0. The Kier molecular flexibility index (Phi) is 57.5. The van der Waals surface area contributed by atoms with Crippen LogP contribution in [0.2, 0.25) is 0 Å². The lowest BCUT2D eigenvalue weighted by molar-refractivity contribution is -0.161. The van der Waals surface area contributed by atoms with E-state index in [-0.39, 0.29) is 25.9 Å². The summed E-state index contributed by atoms with van der Waals surface area (Å²) in [7, 11) is -4.74. The molecule has 11 nitrogen and oxygen atoms in total. The van der Waals surface area contributed by atoms with Gasteiger partial charge in [0.15, 0.2) is 6.10 Å². The molecule has 448 valence electrons. The standard InChI is InChI=1S/C64H121O11P/c1-4-7-10-13-16-19-22-25-27-29-30-32-34-37-40-43-46-49-52-55-64(68)75-61(57-71-62(66)53-50-47-44-41-38-36-33-31-28-26-23-20-17-14-11-8-5-2)59-73-76(69,70)72-58-60(56-65)74-63(67)54-51-48-45-42-39-35-24-21-18-15-12-9-6-3/h16,19,25,27,60-61,65H,4-15,17-18,20-24,26,28-59H2,1-3H3,(H,69,70)/b19-16-,27-25-. The number of aliphatic hydroxyl groups is 1. The van der Waals surface area contributed by atoms with E-state index in [0.29, 0.717) is 19.3 Å². The number of hydrogen-bond donors (Lipinski definition) is 2. The fourth-order valence-corrected chi connectivity index (χ4v) is 10.2. The molecule has 3 atom stereocenters. The van der Waals surface area contributed by atoms with Crippen LogP contribution in [0.5, 0.6) is 0 Å². The zero-order valence-corrected chi connectivity index (χ0v) is 50.6. The summed E-state index contributed by atoms with van der Waals surface area (Å²) in [6.07, 6.45) is 61.2. The Bertz CT molecular complexity index is 1370. The van der Waals surface area contributed by atoms with Crippen LogP contribution in [-0.4, -0.2) is 66.5 Å². The van der Waals surface area contributed by atoms with Gasteiger partial charge in [0.25, 0.3) is 0 Å². The Morgan fingerprint density at radius 1 is 0.368 bits per heavy atom. The van der Waals surface area contributed by atoms with Gasteiger partial charge in [0.1, 0.15) is 12.7 Å². The van der Waals surface area contributed by atoms with Crippen molar-refractivity contribution in [2.45, 2.75) is 341 Å². The van der Waals surface area contributed by atoms with Crippen LogP contribution < -0.4 is 0 Å². The third-order valence-electron chi connectivity index (χ3n) is 14.4. The molecule has 0 saturated carbocycles. The lowest BCUT2D eigenvalue weighted by Gasteiger charge is -2.21. The molecule has 0 aliphatic carbocycles. The third-order valence-corrected chi connectivity index (χ3v) is 15.3. The van der Waals surface area contributed by atoms with Gasteiger partial charge >= 0.3 is 25.7 Å². The molecule has 2 N–H and O–H groups in total. The molecule has 0 heterocycles. The van der Waals surface area contributed by atoms with Gasteiger partial charge in [-0.15, -0.1) is 0 Å². The van der Waals surface area contributed by atoms with Gasteiger partial charge in [-0.1, -0.05) is 283 Å². The highest BCUT2D eigenvalue weighted by atomic mass is 31.2. The van der Waals surface area contributed by atoms with Crippen LogP contribution in [0.3, 0.4) is 0 Å². The second kappa shape index (κ2) is 59.1. The van der Waals surface area contributed by atoms with Gasteiger partial charge in [0.2, 0.25) is 0 Å². The zero-order chi connectivity index (χ0) is 55.5. The molecule has 0 aromatic heterocycles. The molecule has 0 amide bonds. The summed E-state index contributed by atoms with van der Waals surface area (Å²) >= 11 is 0. The van der Waals surface area contributed by atoms with Crippen LogP contribution in [0, 0.1) is 0 Å². The van der Waals surface area contributed by atoms with Crippen molar-refractivity contribution in [3.63, 3.8) is 0 Å². The van der Waals surface area contributed by atoms with Gasteiger partial charge in [-0.05, 0) is 51.4 Å². The minimum Gasteiger partial charge on any atom is -0.462 e. The number of allylic oxidation sites excluding steroid dienone is 4. The number of carbonyl (C=O) groups excluding carboxylic acids is 3. The maximum absolute atomic E-state index is 13.0. The Morgan fingerprint density at radius 2 is 0.645 bits per heavy atom. The molecule has 0 aliphatic heterocycles. The number of phosphoric acid groups is 1. The zero-order valence-electron chi connectivity index (χ0n) is 49.7. The maximum Gasteiger partial charge on any atom is 0.472 e. The summed E-state index contributed by atoms with van der Waals surface area (Å²) in [6.45, 7) is 4.69. The van der Waals surface area contributed by atoms with Crippen LogP contribution in [-0.2, 0) is 42.2 Å². The van der Waals surface area contributed by atoms with E-state index in [2.05, 4.69) is 45.1 Å². The van der Waals surface area contributed by atoms with Crippen molar-refractivity contribution < 1.29 is 52.2 Å². The molecule has 0 aromatic carbocycles. The molecule has 3 unspecified atom stereocenters. The average molecular weight is 1100 g/mol. The van der Waals surface area contributed by atoms with Gasteiger partial charge in [-0.3, -0.25) is 23.4 Å². The highest BCUT2D eigenvalue weighted by molar-refractivity contribution is 7.47. The monoisotopic (exact) mass is 1100 g/mol.